The molecule has 0 aliphatic carbocycles. The first-order valence-electron chi connectivity index (χ1n) is 11.6. The van der Waals surface area contributed by atoms with E-state index in [1.807, 2.05) is 0 Å². The highest BCUT2D eigenvalue weighted by Crippen LogP contribution is 2.38. The van der Waals surface area contributed by atoms with Gasteiger partial charge in [0, 0.05) is 23.6 Å². The third-order valence-electron chi connectivity index (χ3n) is 5.77. The van der Waals surface area contributed by atoms with Crippen LogP contribution in [0.3, 0.4) is 0 Å². The van der Waals surface area contributed by atoms with Crippen LogP contribution in [0.2, 0.25) is 0 Å². The zero-order valence-electron chi connectivity index (χ0n) is 21.0. The van der Waals surface area contributed by atoms with Gasteiger partial charge in [0.15, 0.2) is 0 Å². The first-order chi connectivity index (χ1) is 17.6. The third-order valence-corrected chi connectivity index (χ3v) is 5.77. The van der Waals surface area contributed by atoms with E-state index in [0.717, 1.165) is 36.7 Å². The van der Waals surface area contributed by atoms with E-state index >= 15 is 0 Å². The summed E-state index contributed by atoms with van der Waals surface area (Å²) in [4.78, 5) is 8.31. The van der Waals surface area contributed by atoms with Crippen molar-refractivity contribution in [2.75, 3.05) is 0 Å². The smallest absolute Gasteiger partial charge is 0.416 e. The maximum absolute atomic E-state index is 13.3. The average Bonchev–Trinajstić information content (AvgIpc) is 2.81. The van der Waals surface area contributed by atoms with Crippen molar-refractivity contribution >= 4 is 23.8 Å². The molecule has 0 heterocycles. The maximum atomic E-state index is 13.3. The number of hydrogen-bond acceptors (Lipinski definition) is 4. The lowest BCUT2D eigenvalue weighted by Crippen LogP contribution is -2.07. The molecule has 202 valence electrons. The number of aromatic hydroxyl groups is 2. The third kappa shape index (κ3) is 6.73. The first-order valence-corrected chi connectivity index (χ1v) is 11.6. The van der Waals surface area contributed by atoms with Gasteiger partial charge in [0.1, 0.15) is 11.5 Å². The zero-order chi connectivity index (χ0) is 28.4. The normalized spacial score (nSPS) is 12.9. The molecule has 3 aromatic carbocycles. The van der Waals surface area contributed by atoms with Crippen molar-refractivity contribution in [3.63, 3.8) is 0 Å². The predicted molar refractivity (Wildman–Crippen MR) is 135 cm³/mol. The number of nitrogens with zero attached hydrogens (tertiary/aromatic N) is 2. The van der Waals surface area contributed by atoms with Gasteiger partial charge in [0.2, 0.25) is 0 Å². The lowest BCUT2D eigenvalue weighted by atomic mass is 9.96. The largest absolute Gasteiger partial charge is 0.507 e. The number of rotatable bonds is 6. The lowest BCUT2D eigenvalue weighted by Gasteiger charge is -2.15. The molecule has 0 fully saturated rings. The van der Waals surface area contributed by atoms with E-state index in [4.69, 9.17) is 0 Å². The Labute approximate surface area is 216 Å². The van der Waals surface area contributed by atoms with E-state index in [1.54, 1.807) is 45.9 Å². The van der Waals surface area contributed by atoms with Crippen LogP contribution in [0.25, 0.3) is 0 Å². The standard InChI is InChI=1S/C28H26F6N2O2/c1-15(2)23-10-19(27(29,30)31)8-17(25(23)37)13-35-21-6-5-7-22(12-21)36-14-18-9-20(28(32,33)34)11-24(16(3)4)26(18)38/h5-16,37-38H,1-4H3. The molecule has 0 radical (unpaired) electrons. The number of phenolic OH excluding ortho intramolecular Hbond substituents is 2. The van der Waals surface area contributed by atoms with Gasteiger partial charge in [-0.05, 0) is 65.4 Å². The van der Waals surface area contributed by atoms with Crippen LogP contribution in [-0.4, -0.2) is 22.6 Å². The Morgan fingerprint density at radius 2 is 1.00 bits per heavy atom. The quantitative estimate of drug-likeness (QED) is 0.244. The second-order valence-corrected chi connectivity index (χ2v) is 9.35. The van der Waals surface area contributed by atoms with Crippen molar-refractivity contribution in [3.8, 4) is 11.5 Å². The van der Waals surface area contributed by atoms with Crippen LogP contribution in [-0.2, 0) is 12.4 Å². The Bertz CT molecular complexity index is 1270. The molecule has 0 saturated carbocycles. The number of alkyl halides is 6. The van der Waals surface area contributed by atoms with Crippen molar-refractivity contribution in [3.05, 3.63) is 81.9 Å². The van der Waals surface area contributed by atoms with E-state index in [0.29, 0.717) is 0 Å². The van der Waals surface area contributed by atoms with Gasteiger partial charge < -0.3 is 10.2 Å². The van der Waals surface area contributed by atoms with E-state index < -0.39 is 23.5 Å². The number of halogens is 6. The Hall–Kier alpha value is -3.82. The Morgan fingerprint density at radius 1 is 0.632 bits per heavy atom. The van der Waals surface area contributed by atoms with Crippen molar-refractivity contribution < 1.29 is 36.6 Å². The molecule has 0 atom stereocenters. The van der Waals surface area contributed by atoms with Crippen LogP contribution in [0.1, 0.15) is 72.9 Å². The van der Waals surface area contributed by atoms with Gasteiger partial charge in [-0.1, -0.05) is 33.8 Å². The summed E-state index contributed by atoms with van der Waals surface area (Å²) in [7, 11) is 0. The summed E-state index contributed by atoms with van der Waals surface area (Å²) < 4.78 is 80.1. The highest BCUT2D eigenvalue weighted by Gasteiger charge is 2.33. The minimum atomic E-state index is -4.61. The second-order valence-electron chi connectivity index (χ2n) is 9.35. The first kappa shape index (κ1) is 28.7. The van der Waals surface area contributed by atoms with Crippen LogP contribution in [0, 0.1) is 0 Å². The molecule has 0 aromatic heterocycles. The molecule has 3 aromatic rings. The van der Waals surface area contributed by atoms with Gasteiger partial charge in [0.25, 0.3) is 0 Å². The number of phenols is 2. The SMILES string of the molecule is CC(C)c1cc(C(F)(F)F)cc(C=Nc2cccc(N=Cc3cc(C(F)(F)F)cc(C(C)C)c3O)c2)c1O. The van der Waals surface area contributed by atoms with E-state index in [9.17, 15) is 36.6 Å². The predicted octanol–water partition coefficient (Wildman–Crippen LogP) is 8.88. The summed E-state index contributed by atoms with van der Waals surface area (Å²) in [5.41, 5.74) is -1.26. The van der Waals surface area contributed by atoms with Crippen molar-refractivity contribution in [1.29, 1.82) is 0 Å². The van der Waals surface area contributed by atoms with Gasteiger partial charge in [-0.3, -0.25) is 9.98 Å². The molecule has 0 unspecified atom stereocenters. The summed E-state index contributed by atoms with van der Waals surface area (Å²) in [5, 5.41) is 20.9. The van der Waals surface area contributed by atoms with E-state index in [1.165, 1.54) is 6.07 Å². The van der Waals surface area contributed by atoms with Gasteiger partial charge in [-0.25, -0.2) is 0 Å². The van der Waals surface area contributed by atoms with Gasteiger partial charge in [0.05, 0.1) is 22.5 Å². The molecular weight excluding hydrogens is 510 g/mol. The molecule has 4 nitrogen and oxygen atoms in total. The molecule has 10 heteroatoms. The highest BCUT2D eigenvalue weighted by molar-refractivity contribution is 5.88. The molecule has 0 aliphatic heterocycles. The van der Waals surface area contributed by atoms with Gasteiger partial charge in [-0.2, -0.15) is 26.3 Å². The topological polar surface area (TPSA) is 65.2 Å². The monoisotopic (exact) mass is 536 g/mol. The molecule has 0 spiro atoms. The molecule has 0 saturated heterocycles. The number of benzene rings is 3. The summed E-state index contributed by atoms with van der Waals surface area (Å²) >= 11 is 0. The summed E-state index contributed by atoms with van der Waals surface area (Å²) in [5.74, 6) is -1.37. The van der Waals surface area contributed by atoms with Crippen LogP contribution < -0.4 is 0 Å². The van der Waals surface area contributed by atoms with E-state index in [2.05, 4.69) is 9.98 Å². The van der Waals surface area contributed by atoms with Crippen LogP contribution >= 0.6 is 0 Å². The number of aliphatic imine (C=N–C) groups is 2. The van der Waals surface area contributed by atoms with Crippen LogP contribution in [0.5, 0.6) is 11.5 Å². The van der Waals surface area contributed by atoms with Crippen LogP contribution in [0.4, 0.5) is 37.7 Å². The molecule has 38 heavy (non-hydrogen) atoms. The summed E-state index contributed by atoms with van der Waals surface area (Å²) in [6.07, 6.45) is -7.02. The van der Waals surface area contributed by atoms with E-state index in [-0.39, 0.29) is 57.0 Å². The zero-order valence-corrected chi connectivity index (χ0v) is 21.0. The van der Waals surface area contributed by atoms with Gasteiger partial charge >= 0.3 is 12.4 Å². The Balaban J connectivity index is 1.97. The summed E-state index contributed by atoms with van der Waals surface area (Å²) in [6.45, 7) is 6.63. The minimum Gasteiger partial charge on any atom is -0.507 e. The van der Waals surface area contributed by atoms with Gasteiger partial charge in [-0.15, -0.1) is 0 Å². The fourth-order valence-corrected chi connectivity index (χ4v) is 3.71. The fourth-order valence-electron chi connectivity index (χ4n) is 3.71. The van der Waals surface area contributed by atoms with Crippen molar-refractivity contribution in [2.24, 2.45) is 9.98 Å². The molecule has 0 aliphatic rings. The highest BCUT2D eigenvalue weighted by atomic mass is 19.4. The maximum Gasteiger partial charge on any atom is 0.416 e. The molecular formula is C28H26F6N2O2. The lowest BCUT2D eigenvalue weighted by molar-refractivity contribution is -0.138. The fraction of sp³-hybridized carbons (Fsp3) is 0.286. The van der Waals surface area contributed by atoms with Crippen molar-refractivity contribution in [1.82, 2.24) is 0 Å². The molecule has 0 bridgehead atoms. The Morgan fingerprint density at radius 3 is 1.32 bits per heavy atom. The Kier molecular flexibility index (Phi) is 8.24. The molecule has 2 N–H and O–H groups in total. The minimum absolute atomic E-state index is 0.118. The summed E-state index contributed by atoms with van der Waals surface area (Å²) in [6, 6.07) is 9.50. The second kappa shape index (κ2) is 10.9. The number of hydrogen-bond donors (Lipinski definition) is 2. The average molecular weight is 537 g/mol. The van der Waals surface area contributed by atoms with Crippen LogP contribution in [0.15, 0.2) is 58.5 Å². The van der Waals surface area contributed by atoms with Crippen molar-refractivity contribution in [2.45, 2.75) is 51.9 Å². The molecule has 3 rings (SSSR count). The molecule has 0 amide bonds.